The third-order valence-electron chi connectivity index (χ3n) is 5.11. The first-order chi connectivity index (χ1) is 16.1. The Morgan fingerprint density at radius 2 is 1.79 bits per heavy atom. The summed E-state index contributed by atoms with van der Waals surface area (Å²) in [6.45, 7) is 1.85. The summed E-state index contributed by atoms with van der Waals surface area (Å²) in [6, 6.07) is 19.9. The van der Waals surface area contributed by atoms with Crippen LogP contribution in [0, 0.1) is 6.92 Å². The third kappa shape index (κ3) is 4.24. The average molecular weight is 456 g/mol. The number of nitrogens with zero attached hydrogens (tertiary/aromatic N) is 5. The number of anilines is 2. The summed E-state index contributed by atoms with van der Waals surface area (Å²) in [6.07, 6.45) is 3.42. The van der Waals surface area contributed by atoms with E-state index in [0.29, 0.717) is 33.6 Å². The van der Waals surface area contributed by atoms with Crippen molar-refractivity contribution < 1.29 is 4.79 Å². The third-order valence-corrected chi connectivity index (χ3v) is 5.52. The molecule has 5 rings (SSSR count). The van der Waals surface area contributed by atoms with E-state index in [4.69, 9.17) is 16.7 Å². The van der Waals surface area contributed by atoms with Gasteiger partial charge in [0.05, 0.1) is 5.69 Å². The van der Waals surface area contributed by atoms with Crippen LogP contribution in [-0.2, 0) is 0 Å². The van der Waals surface area contributed by atoms with E-state index in [1.807, 2.05) is 55.5 Å². The minimum Gasteiger partial charge on any atom is -0.308 e. The van der Waals surface area contributed by atoms with Crippen LogP contribution in [0.15, 0.2) is 79.1 Å². The molecule has 0 aliphatic heterocycles. The Morgan fingerprint density at radius 1 is 0.939 bits per heavy atom. The molecule has 2 N–H and O–H groups in total. The number of benzene rings is 2. The first-order valence-corrected chi connectivity index (χ1v) is 10.5. The number of carbonyl (C=O) groups excluding carboxylic acids is 1. The average Bonchev–Trinajstić information content (AvgIpc) is 3.26. The van der Waals surface area contributed by atoms with Gasteiger partial charge in [-0.05, 0) is 61.0 Å². The smallest absolute Gasteiger partial charge is 0.308 e. The van der Waals surface area contributed by atoms with E-state index >= 15 is 0 Å². The van der Waals surface area contributed by atoms with Crippen molar-refractivity contribution in [3.05, 3.63) is 89.7 Å². The summed E-state index contributed by atoms with van der Waals surface area (Å²) in [4.78, 5) is 16.7. The highest BCUT2D eigenvalue weighted by atomic mass is 35.5. The number of nitrogens with one attached hydrogen (secondary N) is 2. The summed E-state index contributed by atoms with van der Waals surface area (Å²) >= 11 is 6.14. The maximum absolute atomic E-state index is 12.5. The molecule has 0 spiro atoms. The van der Waals surface area contributed by atoms with Crippen LogP contribution < -0.4 is 10.6 Å². The zero-order valence-corrected chi connectivity index (χ0v) is 18.3. The highest BCUT2D eigenvalue weighted by Gasteiger charge is 2.12. The molecule has 0 saturated carbocycles. The van der Waals surface area contributed by atoms with Gasteiger partial charge in [0.1, 0.15) is 0 Å². The molecule has 3 aromatic heterocycles. The van der Waals surface area contributed by atoms with Crippen LogP contribution in [0.5, 0.6) is 0 Å². The molecule has 0 saturated heterocycles. The number of amides is 2. The summed E-state index contributed by atoms with van der Waals surface area (Å²) < 4.78 is 1.68. The van der Waals surface area contributed by atoms with Crippen molar-refractivity contribution in [3.8, 4) is 22.6 Å². The van der Waals surface area contributed by atoms with Gasteiger partial charge in [-0.3, -0.25) is 4.98 Å². The molecule has 2 amide bonds. The monoisotopic (exact) mass is 455 g/mol. The van der Waals surface area contributed by atoms with Gasteiger partial charge in [-0.2, -0.15) is 9.61 Å². The van der Waals surface area contributed by atoms with Crippen LogP contribution in [0.25, 0.3) is 28.3 Å². The molecule has 0 radical (unpaired) electrons. The summed E-state index contributed by atoms with van der Waals surface area (Å²) in [5.41, 5.74) is 5.07. The zero-order chi connectivity index (χ0) is 22.8. The molecular weight excluding hydrogens is 438 g/mol. The van der Waals surface area contributed by atoms with Crippen molar-refractivity contribution >= 4 is 34.7 Å². The molecule has 0 atom stereocenters. The van der Waals surface area contributed by atoms with Gasteiger partial charge in [0.2, 0.25) is 0 Å². The predicted octanol–water partition coefficient (Wildman–Crippen LogP) is 5.46. The van der Waals surface area contributed by atoms with Crippen LogP contribution in [0.3, 0.4) is 0 Å². The van der Waals surface area contributed by atoms with Gasteiger partial charge in [0, 0.05) is 39.9 Å². The number of carbonyl (C=O) groups is 1. The van der Waals surface area contributed by atoms with E-state index in [-0.39, 0.29) is 6.03 Å². The van der Waals surface area contributed by atoms with Crippen molar-refractivity contribution in [2.45, 2.75) is 6.92 Å². The first-order valence-electron chi connectivity index (χ1n) is 10.1. The number of halogens is 1. The Labute approximate surface area is 194 Å². The summed E-state index contributed by atoms with van der Waals surface area (Å²) in [5.74, 6) is 0.602. The second kappa shape index (κ2) is 8.68. The summed E-state index contributed by atoms with van der Waals surface area (Å²) in [5, 5.41) is 19.4. The normalized spacial score (nSPS) is 10.8. The molecule has 0 aliphatic carbocycles. The molecule has 2 aromatic carbocycles. The number of pyridine rings is 1. The second-order valence-electron chi connectivity index (χ2n) is 7.33. The number of hydrogen-bond donors (Lipinski definition) is 2. The lowest BCUT2D eigenvalue weighted by Gasteiger charge is -2.11. The van der Waals surface area contributed by atoms with Gasteiger partial charge in [0.25, 0.3) is 0 Å². The highest BCUT2D eigenvalue weighted by Crippen LogP contribution is 2.25. The van der Waals surface area contributed by atoms with Gasteiger partial charge in [-0.1, -0.05) is 29.8 Å². The standard InChI is InChI=1S/C24H18ClN7O/c1-15-19(25)8-3-9-20(15)28-24(33)27-18-7-2-5-16(13-18)21-10-11-22-29-30-23(32(22)31-21)17-6-4-12-26-14-17/h2-14H,1H3,(H2,27,28,33). The molecule has 33 heavy (non-hydrogen) atoms. The molecule has 0 aliphatic rings. The van der Waals surface area contributed by atoms with Crippen molar-refractivity contribution in [1.82, 2.24) is 24.8 Å². The van der Waals surface area contributed by atoms with Crippen molar-refractivity contribution in [3.63, 3.8) is 0 Å². The van der Waals surface area contributed by atoms with Crippen molar-refractivity contribution in [2.24, 2.45) is 0 Å². The largest absolute Gasteiger partial charge is 0.323 e. The number of aromatic nitrogens is 5. The van der Waals surface area contributed by atoms with E-state index in [9.17, 15) is 4.79 Å². The molecule has 9 heteroatoms. The van der Waals surface area contributed by atoms with E-state index in [2.05, 4.69) is 25.8 Å². The molecule has 3 heterocycles. The molecule has 0 unspecified atom stereocenters. The Morgan fingerprint density at radius 3 is 2.64 bits per heavy atom. The minimum absolute atomic E-state index is 0.362. The van der Waals surface area contributed by atoms with Crippen LogP contribution in [0.1, 0.15) is 5.56 Å². The van der Waals surface area contributed by atoms with Gasteiger partial charge in [-0.15, -0.1) is 10.2 Å². The fraction of sp³-hybridized carbons (Fsp3) is 0.0417. The SMILES string of the molecule is Cc1c(Cl)cccc1NC(=O)Nc1cccc(-c2ccc3nnc(-c4cccnc4)n3n2)c1. The first kappa shape index (κ1) is 20.6. The molecule has 0 bridgehead atoms. The molecule has 162 valence electrons. The number of rotatable bonds is 4. The zero-order valence-electron chi connectivity index (χ0n) is 17.5. The molecule has 5 aromatic rings. The number of fused-ring (bicyclic) bond motifs is 1. The fourth-order valence-electron chi connectivity index (χ4n) is 3.40. The summed E-state index contributed by atoms with van der Waals surface area (Å²) in [7, 11) is 0. The van der Waals surface area contributed by atoms with Crippen LogP contribution >= 0.6 is 11.6 Å². The lowest BCUT2D eigenvalue weighted by atomic mass is 10.1. The Kier molecular flexibility index (Phi) is 5.42. The number of hydrogen-bond acceptors (Lipinski definition) is 5. The van der Waals surface area contributed by atoms with Crippen molar-refractivity contribution in [1.29, 1.82) is 0 Å². The van der Waals surface area contributed by atoms with Gasteiger partial charge in [0.15, 0.2) is 11.5 Å². The van der Waals surface area contributed by atoms with Gasteiger partial charge < -0.3 is 10.6 Å². The Bertz CT molecular complexity index is 1470. The van der Waals surface area contributed by atoms with Crippen molar-refractivity contribution in [2.75, 3.05) is 10.6 Å². The van der Waals surface area contributed by atoms with Crippen LogP contribution in [0.4, 0.5) is 16.2 Å². The molecule has 0 fully saturated rings. The van der Waals surface area contributed by atoms with Gasteiger partial charge >= 0.3 is 6.03 Å². The quantitative estimate of drug-likeness (QED) is 0.375. The number of urea groups is 1. The van der Waals surface area contributed by atoms with E-state index in [1.54, 1.807) is 35.1 Å². The van der Waals surface area contributed by atoms with E-state index in [0.717, 1.165) is 16.7 Å². The Balaban J connectivity index is 1.41. The van der Waals surface area contributed by atoms with Crippen LogP contribution in [0.2, 0.25) is 5.02 Å². The molecule has 8 nitrogen and oxygen atoms in total. The fourth-order valence-corrected chi connectivity index (χ4v) is 3.58. The lowest BCUT2D eigenvalue weighted by molar-refractivity contribution is 0.262. The van der Waals surface area contributed by atoms with E-state index < -0.39 is 0 Å². The second-order valence-corrected chi connectivity index (χ2v) is 7.73. The molecular formula is C24H18ClN7O. The maximum Gasteiger partial charge on any atom is 0.323 e. The predicted molar refractivity (Wildman–Crippen MR) is 128 cm³/mol. The van der Waals surface area contributed by atoms with Crippen LogP contribution in [-0.4, -0.2) is 30.8 Å². The van der Waals surface area contributed by atoms with Gasteiger partial charge in [-0.25, -0.2) is 4.79 Å². The Hall–Kier alpha value is -4.30. The topological polar surface area (TPSA) is 97.1 Å². The maximum atomic E-state index is 12.5. The van der Waals surface area contributed by atoms with E-state index in [1.165, 1.54) is 0 Å². The highest BCUT2D eigenvalue weighted by molar-refractivity contribution is 6.31. The lowest BCUT2D eigenvalue weighted by Crippen LogP contribution is -2.20. The minimum atomic E-state index is -0.362.